The van der Waals surface area contributed by atoms with Crippen LogP contribution in [0.2, 0.25) is 0 Å². The second-order valence-corrected chi connectivity index (χ2v) is 11.2. The second-order valence-electron chi connectivity index (χ2n) is 11.2. The van der Waals surface area contributed by atoms with Crippen LogP contribution in [0.5, 0.6) is 11.5 Å². The summed E-state index contributed by atoms with van der Waals surface area (Å²) in [6, 6.07) is 18.4. The van der Waals surface area contributed by atoms with Crippen molar-refractivity contribution in [3.05, 3.63) is 94.8 Å². The van der Waals surface area contributed by atoms with Crippen molar-refractivity contribution in [1.82, 2.24) is 0 Å². The molecule has 0 saturated carbocycles. The Morgan fingerprint density at radius 2 is 1.00 bits per heavy atom. The van der Waals surface area contributed by atoms with Gasteiger partial charge in [0.2, 0.25) is 0 Å². The van der Waals surface area contributed by atoms with E-state index in [-0.39, 0.29) is 11.3 Å². The molecule has 0 fully saturated rings. The molecule has 4 nitrogen and oxygen atoms in total. The van der Waals surface area contributed by atoms with E-state index in [1.165, 1.54) is 93.9 Å². The van der Waals surface area contributed by atoms with Crippen LogP contribution in [0.1, 0.15) is 129 Å². The maximum absolute atomic E-state index is 14.8. The van der Waals surface area contributed by atoms with E-state index in [0.717, 1.165) is 31.7 Å². The molecule has 0 aliphatic heterocycles. The van der Waals surface area contributed by atoms with Crippen molar-refractivity contribution in [1.29, 1.82) is 0 Å². The molecule has 3 aromatic rings. The molecule has 5 heteroatoms. The fraction of sp³-hybridized carbons (Fsp3) is 0.459. The molecule has 0 bridgehead atoms. The van der Waals surface area contributed by atoms with Crippen LogP contribution >= 0.6 is 0 Å². The van der Waals surface area contributed by atoms with Gasteiger partial charge >= 0.3 is 11.9 Å². The molecule has 0 atom stereocenters. The van der Waals surface area contributed by atoms with Crippen LogP contribution in [-0.2, 0) is 12.8 Å². The Hall–Kier alpha value is -3.47. The summed E-state index contributed by atoms with van der Waals surface area (Å²) < 4.78 is 25.5. The van der Waals surface area contributed by atoms with Crippen LogP contribution < -0.4 is 9.47 Å². The number of rotatable bonds is 19. The number of carbonyl (C=O) groups is 2. The smallest absolute Gasteiger partial charge is 0.346 e. The fourth-order valence-corrected chi connectivity index (χ4v) is 4.98. The van der Waals surface area contributed by atoms with Crippen LogP contribution in [0.15, 0.2) is 66.7 Å². The maximum Gasteiger partial charge on any atom is 0.346 e. The molecule has 0 aliphatic rings. The number of carbonyl (C=O) groups excluding carboxylic acids is 2. The van der Waals surface area contributed by atoms with Gasteiger partial charge in [0.05, 0.1) is 11.1 Å². The van der Waals surface area contributed by atoms with E-state index in [9.17, 15) is 14.0 Å². The van der Waals surface area contributed by atoms with E-state index in [1.807, 2.05) is 24.3 Å². The van der Waals surface area contributed by atoms with Crippen molar-refractivity contribution < 1.29 is 23.5 Å². The molecule has 3 rings (SSSR count). The molecular weight excluding hydrogens is 527 g/mol. The number of benzene rings is 3. The SMILES string of the molecule is CCCCCCCCCCc1ccc(OC(=O)c2ccc(OC(=O)c3ccc(CCCCCCC)cc3)cc2F)cc1. The summed E-state index contributed by atoms with van der Waals surface area (Å²) in [5.41, 5.74) is 2.53. The molecule has 0 aliphatic carbocycles. The summed E-state index contributed by atoms with van der Waals surface area (Å²) in [6.45, 7) is 4.44. The monoisotopic (exact) mass is 574 g/mol. The zero-order valence-corrected chi connectivity index (χ0v) is 25.5. The van der Waals surface area contributed by atoms with Crippen LogP contribution in [-0.4, -0.2) is 11.9 Å². The first-order chi connectivity index (χ1) is 20.5. The van der Waals surface area contributed by atoms with E-state index < -0.39 is 17.8 Å². The van der Waals surface area contributed by atoms with Crippen molar-refractivity contribution in [3.63, 3.8) is 0 Å². The molecule has 0 heterocycles. The molecule has 3 aromatic carbocycles. The molecule has 42 heavy (non-hydrogen) atoms. The van der Waals surface area contributed by atoms with Gasteiger partial charge in [-0.1, -0.05) is 109 Å². The zero-order chi connectivity index (χ0) is 30.0. The third-order valence-electron chi connectivity index (χ3n) is 7.58. The van der Waals surface area contributed by atoms with Crippen LogP contribution in [0.25, 0.3) is 0 Å². The number of halogens is 1. The number of hydrogen-bond donors (Lipinski definition) is 0. The predicted octanol–water partition coefficient (Wildman–Crippen LogP) is 10.5. The minimum absolute atomic E-state index is 0.0272. The van der Waals surface area contributed by atoms with E-state index in [4.69, 9.17) is 9.47 Å². The predicted molar refractivity (Wildman–Crippen MR) is 168 cm³/mol. The van der Waals surface area contributed by atoms with Crippen LogP contribution in [0.3, 0.4) is 0 Å². The average Bonchev–Trinajstić information content (AvgIpc) is 2.99. The highest BCUT2D eigenvalue weighted by Gasteiger charge is 2.17. The van der Waals surface area contributed by atoms with Crippen LogP contribution in [0.4, 0.5) is 4.39 Å². The first kappa shape index (κ1) is 33.0. The van der Waals surface area contributed by atoms with Crippen molar-refractivity contribution in [2.24, 2.45) is 0 Å². The van der Waals surface area contributed by atoms with E-state index in [2.05, 4.69) is 13.8 Å². The minimum Gasteiger partial charge on any atom is -0.423 e. The molecule has 0 aromatic heterocycles. The Morgan fingerprint density at radius 1 is 0.548 bits per heavy atom. The van der Waals surface area contributed by atoms with Gasteiger partial charge in [0.15, 0.2) is 0 Å². The number of esters is 2. The molecule has 226 valence electrons. The van der Waals surface area contributed by atoms with Gasteiger partial charge < -0.3 is 9.47 Å². The Kier molecular flexibility index (Phi) is 14.8. The quantitative estimate of drug-likeness (QED) is 0.0812. The number of ether oxygens (including phenoxy) is 2. The molecule has 0 radical (unpaired) electrons. The van der Waals surface area contributed by atoms with E-state index in [0.29, 0.717) is 11.3 Å². The summed E-state index contributed by atoms with van der Waals surface area (Å²) in [4.78, 5) is 25.2. The summed E-state index contributed by atoms with van der Waals surface area (Å²) in [5, 5.41) is 0. The van der Waals surface area contributed by atoms with Crippen molar-refractivity contribution in [2.75, 3.05) is 0 Å². The molecular formula is C37H47FO4. The third-order valence-corrected chi connectivity index (χ3v) is 7.58. The number of hydrogen-bond acceptors (Lipinski definition) is 4. The topological polar surface area (TPSA) is 52.6 Å². The molecule has 0 unspecified atom stereocenters. The minimum atomic E-state index is -0.810. The van der Waals surface area contributed by atoms with Gasteiger partial charge in [0.25, 0.3) is 0 Å². The first-order valence-electron chi connectivity index (χ1n) is 15.9. The Morgan fingerprint density at radius 3 is 1.52 bits per heavy atom. The van der Waals surface area contributed by atoms with Gasteiger partial charge in [-0.15, -0.1) is 0 Å². The lowest BCUT2D eigenvalue weighted by Gasteiger charge is -2.09. The third kappa shape index (κ3) is 11.8. The van der Waals surface area contributed by atoms with Gasteiger partial charge in [-0.25, -0.2) is 14.0 Å². The maximum atomic E-state index is 14.8. The van der Waals surface area contributed by atoms with Crippen molar-refractivity contribution >= 4 is 11.9 Å². The highest BCUT2D eigenvalue weighted by atomic mass is 19.1. The lowest BCUT2D eigenvalue weighted by Crippen LogP contribution is -2.12. The van der Waals surface area contributed by atoms with Gasteiger partial charge in [0, 0.05) is 6.07 Å². The Balaban J connectivity index is 1.43. The highest BCUT2D eigenvalue weighted by molar-refractivity contribution is 5.93. The van der Waals surface area contributed by atoms with E-state index in [1.54, 1.807) is 24.3 Å². The van der Waals surface area contributed by atoms with Gasteiger partial charge in [-0.3, -0.25) is 0 Å². The standard InChI is InChI=1S/C37H47FO4/c1-3-5-7-9-10-11-13-15-17-30-20-24-32(25-21-30)41-37(40)34-27-26-33(28-35(34)38)42-36(39)31-22-18-29(19-23-31)16-14-12-8-6-4-2/h18-28H,3-17H2,1-2H3. The Labute approximate surface area is 251 Å². The number of unbranched alkanes of at least 4 members (excludes halogenated alkanes) is 11. The summed E-state index contributed by atoms with van der Waals surface area (Å²) >= 11 is 0. The number of aryl methyl sites for hydroxylation is 2. The Bertz CT molecular complexity index is 1220. The lowest BCUT2D eigenvalue weighted by atomic mass is 10.0. The normalized spacial score (nSPS) is 10.9. The summed E-state index contributed by atoms with van der Waals surface area (Å²) in [6.07, 6.45) is 18.3. The largest absolute Gasteiger partial charge is 0.423 e. The second kappa shape index (κ2) is 18.9. The summed E-state index contributed by atoms with van der Waals surface area (Å²) in [7, 11) is 0. The molecule has 0 saturated heterocycles. The molecule has 0 spiro atoms. The van der Waals surface area contributed by atoms with Crippen molar-refractivity contribution in [2.45, 2.75) is 110 Å². The lowest BCUT2D eigenvalue weighted by molar-refractivity contribution is 0.0728. The zero-order valence-electron chi connectivity index (χ0n) is 25.5. The van der Waals surface area contributed by atoms with Gasteiger partial charge in [-0.05, 0) is 73.2 Å². The van der Waals surface area contributed by atoms with Gasteiger partial charge in [-0.2, -0.15) is 0 Å². The van der Waals surface area contributed by atoms with Crippen LogP contribution in [0, 0.1) is 5.82 Å². The highest BCUT2D eigenvalue weighted by Crippen LogP contribution is 2.22. The molecule has 0 N–H and O–H groups in total. The molecule has 0 amide bonds. The van der Waals surface area contributed by atoms with Gasteiger partial charge in [0.1, 0.15) is 17.3 Å². The first-order valence-corrected chi connectivity index (χ1v) is 15.9. The average molecular weight is 575 g/mol. The fourth-order valence-electron chi connectivity index (χ4n) is 4.98. The summed E-state index contributed by atoms with van der Waals surface area (Å²) in [5.74, 6) is -1.80. The van der Waals surface area contributed by atoms with E-state index >= 15 is 0 Å². The van der Waals surface area contributed by atoms with Crippen molar-refractivity contribution in [3.8, 4) is 11.5 Å².